The van der Waals surface area contributed by atoms with Gasteiger partial charge in [-0.05, 0) is 36.4 Å². The summed E-state index contributed by atoms with van der Waals surface area (Å²) in [6, 6.07) is 8.74. The first kappa shape index (κ1) is 24.4. The number of rotatable bonds is 10. The van der Waals surface area contributed by atoms with Gasteiger partial charge in [0, 0.05) is 23.8 Å². The van der Waals surface area contributed by atoms with Gasteiger partial charge in [-0.15, -0.1) is 0 Å². The van der Waals surface area contributed by atoms with Crippen LogP contribution in [0.4, 0.5) is 11.4 Å². The van der Waals surface area contributed by atoms with Gasteiger partial charge in [-0.25, -0.2) is 8.42 Å². The second-order valence-electron chi connectivity index (χ2n) is 6.41. The van der Waals surface area contributed by atoms with Crippen LogP contribution in [0.3, 0.4) is 0 Å². The normalized spacial score (nSPS) is 11.3. The molecule has 0 fully saturated rings. The zero-order valence-corrected chi connectivity index (χ0v) is 19.0. The summed E-state index contributed by atoms with van der Waals surface area (Å²) >= 11 is 5.88. The summed E-state index contributed by atoms with van der Waals surface area (Å²) < 4.78 is 32.1. The molecule has 0 aromatic heterocycles. The molecule has 0 aliphatic rings. The lowest BCUT2D eigenvalue weighted by Gasteiger charge is -2.19. The second kappa shape index (κ2) is 10.5. The van der Waals surface area contributed by atoms with E-state index in [1.54, 1.807) is 19.9 Å². The van der Waals surface area contributed by atoms with E-state index in [9.17, 15) is 18.0 Å². The first-order chi connectivity index (χ1) is 14.6. The van der Waals surface area contributed by atoms with Crippen LogP contribution in [0.2, 0.25) is 5.02 Å². The lowest BCUT2D eigenvalue weighted by atomic mass is 10.1. The van der Waals surface area contributed by atoms with Crippen LogP contribution in [0.25, 0.3) is 0 Å². The van der Waals surface area contributed by atoms with Crippen molar-refractivity contribution in [2.45, 2.75) is 18.7 Å². The van der Waals surface area contributed by atoms with Crippen LogP contribution in [-0.4, -0.2) is 51.3 Å². The Bertz CT molecular complexity index is 1070. The number of carbonyl (C=O) groups is 2. The van der Waals surface area contributed by atoms with E-state index < -0.39 is 21.8 Å². The molecule has 2 aromatic carbocycles. The van der Waals surface area contributed by atoms with Crippen LogP contribution in [0.1, 0.15) is 24.2 Å². The quantitative estimate of drug-likeness (QED) is 0.491. The molecule has 0 saturated heterocycles. The Balaban J connectivity index is 2.22. The van der Waals surface area contributed by atoms with Crippen molar-refractivity contribution in [3.05, 3.63) is 47.0 Å². The molecule has 2 aromatic rings. The molecule has 0 radical (unpaired) electrons. The second-order valence-corrected chi connectivity index (χ2v) is 8.78. The number of halogens is 1. The minimum absolute atomic E-state index is 0.0361. The third-order valence-electron chi connectivity index (χ3n) is 4.47. The van der Waals surface area contributed by atoms with Gasteiger partial charge in [0.1, 0.15) is 5.75 Å². The van der Waals surface area contributed by atoms with Crippen molar-refractivity contribution in [1.29, 1.82) is 0 Å². The highest BCUT2D eigenvalue weighted by Gasteiger charge is 2.23. The Hall–Kier alpha value is -2.82. The number of hydrogen-bond acceptors (Lipinski definition) is 6. The van der Waals surface area contributed by atoms with E-state index in [1.807, 2.05) is 0 Å². The minimum Gasteiger partial charge on any atom is -0.495 e. The number of nitrogens with one attached hydrogen (secondary N) is 2. The van der Waals surface area contributed by atoms with Crippen molar-refractivity contribution in [1.82, 2.24) is 4.31 Å². The molecule has 0 heterocycles. The molecule has 4 N–H and O–H groups in total. The Morgan fingerprint density at radius 3 is 2.35 bits per heavy atom. The minimum atomic E-state index is -3.71. The fraction of sp³-hybridized carbons (Fsp3) is 0.300. The Morgan fingerprint density at radius 2 is 1.77 bits per heavy atom. The summed E-state index contributed by atoms with van der Waals surface area (Å²) in [7, 11) is -2.30. The number of sulfonamides is 1. The van der Waals surface area contributed by atoms with Gasteiger partial charge in [0.2, 0.25) is 15.9 Å². The van der Waals surface area contributed by atoms with E-state index in [-0.39, 0.29) is 22.7 Å². The number of amides is 2. The van der Waals surface area contributed by atoms with Gasteiger partial charge in [-0.2, -0.15) is 4.31 Å². The maximum Gasteiger partial charge on any atom is 0.250 e. The summed E-state index contributed by atoms with van der Waals surface area (Å²) in [4.78, 5) is 24.1. The summed E-state index contributed by atoms with van der Waals surface area (Å²) in [6.07, 6.45) is 0. The molecular weight excluding hydrogens is 444 g/mol. The molecule has 0 aliphatic heterocycles. The molecule has 2 amide bonds. The predicted molar refractivity (Wildman–Crippen MR) is 120 cm³/mol. The van der Waals surface area contributed by atoms with Crippen molar-refractivity contribution >= 4 is 44.8 Å². The number of anilines is 2. The van der Waals surface area contributed by atoms with Crippen molar-refractivity contribution in [3.63, 3.8) is 0 Å². The fourth-order valence-electron chi connectivity index (χ4n) is 2.90. The lowest BCUT2D eigenvalue weighted by Crippen LogP contribution is -2.30. The number of carbonyl (C=O) groups excluding carboxylic acids is 2. The Kier molecular flexibility index (Phi) is 8.26. The fourth-order valence-corrected chi connectivity index (χ4v) is 4.56. The van der Waals surface area contributed by atoms with Crippen LogP contribution in [-0.2, 0) is 14.8 Å². The summed E-state index contributed by atoms with van der Waals surface area (Å²) in [5.41, 5.74) is 6.03. The van der Waals surface area contributed by atoms with Gasteiger partial charge in [0.05, 0.1) is 29.8 Å². The summed E-state index contributed by atoms with van der Waals surface area (Å²) in [6.45, 7) is 3.92. The molecule has 0 unspecified atom stereocenters. The van der Waals surface area contributed by atoms with Gasteiger partial charge in [0.15, 0.2) is 0 Å². The van der Waals surface area contributed by atoms with Gasteiger partial charge in [-0.1, -0.05) is 25.4 Å². The van der Waals surface area contributed by atoms with Crippen molar-refractivity contribution in [3.8, 4) is 5.75 Å². The number of methoxy groups -OCH3 is 1. The Labute approximate surface area is 186 Å². The molecule has 11 heteroatoms. The van der Waals surface area contributed by atoms with E-state index in [4.69, 9.17) is 22.1 Å². The van der Waals surface area contributed by atoms with Crippen molar-refractivity contribution in [2.75, 3.05) is 37.4 Å². The zero-order valence-electron chi connectivity index (χ0n) is 17.4. The topological polar surface area (TPSA) is 131 Å². The molecular formula is C20H25ClN4O5S. The molecule has 0 spiro atoms. The number of benzene rings is 2. The third-order valence-corrected chi connectivity index (χ3v) is 6.76. The highest BCUT2D eigenvalue weighted by Crippen LogP contribution is 2.29. The van der Waals surface area contributed by atoms with Crippen LogP contribution in [0.15, 0.2) is 41.3 Å². The number of nitrogens with zero attached hydrogens (tertiary/aromatic N) is 1. The van der Waals surface area contributed by atoms with Gasteiger partial charge in [0.25, 0.3) is 5.91 Å². The molecule has 0 aliphatic carbocycles. The SMILES string of the molecule is CCN(CC)S(=O)(=O)c1ccc(OC)c(NC(=O)CNc2ccc(Cl)cc2C(N)=O)c1. The number of primary amides is 1. The first-order valence-electron chi connectivity index (χ1n) is 9.45. The van der Waals surface area contributed by atoms with Gasteiger partial charge < -0.3 is 21.1 Å². The smallest absolute Gasteiger partial charge is 0.250 e. The van der Waals surface area contributed by atoms with E-state index in [0.29, 0.717) is 29.5 Å². The average Bonchev–Trinajstić information content (AvgIpc) is 2.73. The lowest BCUT2D eigenvalue weighted by molar-refractivity contribution is -0.114. The average molecular weight is 469 g/mol. The van der Waals surface area contributed by atoms with Crippen LogP contribution < -0.4 is 21.1 Å². The molecule has 0 saturated carbocycles. The van der Waals surface area contributed by atoms with Crippen LogP contribution >= 0.6 is 11.6 Å². The van der Waals surface area contributed by atoms with Gasteiger partial charge >= 0.3 is 0 Å². The Morgan fingerprint density at radius 1 is 1.10 bits per heavy atom. The molecule has 2 rings (SSSR count). The van der Waals surface area contributed by atoms with E-state index >= 15 is 0 Å². The number of ether oxygens (including phenoxy) is 1. The maximum absolute atomic E-state index is 12.8. The highest BCUT2D eigenvalue weighted by atomic mass is 35.5. The first-order valence-corrected chi connectivity index (χ1v) is 11.3. The number of nitrogens with two attached hydrogens (primary N) is 1. The number of hydrogen-bond donors (Lipinski definition) is 3. The van der Waals surface area contributed by atoms with Crippen molar-refractivity contribution < 1.29 is 22.7 Å². The van der Waals surface area contributed by atoms with E-state index in [1.165, 1.54) is 41.7 Å². The van der Waals surface area contributed by atoms with Crippen molar-refractivity contribution in [2.24, 2.45) is 5.73 Å². The maximum atomic E-state index is 12.8. The third kappa shape index (κ3) is 5.87. The van der Waals surface area contributed by atoms with Crippen LogP contribution in [0, 0.1) is 0 Å². The largest absolute Gasteiger partial charge is 0.495 e. The zero-order chi connectivity index (χ0) is 23.2. The van der Waals surface area contributed by atoms with Crippen LogP contribution in [0.5, 0.6) is 5.75 Å². The van der Waals surface area contributed by atoms with E-state index in [0.717, 1.165) is 0 Å². The molecule has 9 nitrogen and oxygen atoms in total. The summed E-state index contributed by atoms with van der Waals surface area (Å²) in [5, 5.41) is 5.78. The molecule has 168 valence electrons. The van der Waals surface area contributed by atoms with Gasteiger partial charge in [-0.3, -0.25) is 9.59 Å². The predicted octanol–water partition coefficient (Wildman–Crippen LogP) is 2.53. The standard InChI is InChI=1S/C20H25ClN4O5S/c1-4-25(5-2)31(28,29)14-7-9-18(30-3)17(11-14)24-19(26)12-23-16-8-6-13(21)10-15(16)20(22)27/h6-11,23H,4-5,12H2,1-3H3,(H2,22,27)(H,24,26). The van der Waals surface area contributed by atoms with E-state index in [2.05, 4.69) is 10.6 Å². The molecule has 31 heavy (non-hydrogen) atoms. The molecule has 0 atom stereocenters. The molecule has 0 bridgehead atoms. The summed E-state index contributed by atoms with van der Waals surface area (Å²) in [5.74, 6) is -0.876. The highest BCUT2D eigenvalue weighted by molar-refractivity contribution is 7.89. The monoisotopic (exact) mass is 468 g/mol.